The summed E-state index contributed by atoms with van der Waals surface area (Å²) in [7, 11) is 0. The Balaban J connectivity index is 2.07. The van der Waals surface area contributed by atoms with E-state index in [9.17, 15) is 4.79 Å². The normalized spacial score (nSPS) is 18.6. The van der Waals surface area contributed by atoms with Crippen LogP contribution in [0.4, 0.5) is 0 Å². The van der Waals surface area contributed by atoms with Crippen molar-refractivity contribution in [1.29, 1.82) is 0 Å². The van der Waals surface area contributed by atoms with Gasteiger partial charge in [-0.1, -0.05) is 23.7 Å². The number of amides is 1. The summed E-state index contributed by atoms with van der Waals surface area (Å²) in [6.45, 7) is 0.642. The lowest BCUT2D eigenvalue weighted by Crippen LogP contribution is -2.34. The van der Waals surface area contributed by atoms with Gasteiger partial charge in [0.15, 0.2) is 0 Å². The SMILES string of the molecule is O=C1NCC(c2cccc(Cl)c2)c2ccsc21. The quantitative estimate of drug-likeness (QED) is 0.841. The molecule has 1 aromatic carbocycles. The highest BCUT2D eigenvalue weighted by Gasteiger charge is 2.27. The van der Waals surface area contributed by atoms with Crippen molar-refractivity contribution >= 4 is 28.8 Å². The van der Waals surface area contributed by atoms with E-state index in [-0.39, 0.29) is 11.8 Å². The molecule has 0 radical (unpaired) electrons. The van der Waals surface area contributed by atoms with E-state index >= 15 is 0 Å². The van der Waals surface area contributed by atoms with Crippen LogP contribution in [0.1, 0.15) is 26.7 Å². The van der Waals surface area contributed by atoms with E-state index in [1.165, 1.54) is 11.3 Å². The van der Waals surface area contributed by atoms with Crippen molar-refractivity contribution in [3.05, 3.63) is 56.7 Å². The number of fused-ring (bicyclic) bond motifs is 1. The summed E-state index contributed by atoms with van der Waals surface area (Å²) in [6, 6.07) is 9.85. The molecule has 3 rings (SSSR count). The first-order chi connectivity index (χ1) is 8.25. The van der Waals surface area contributed by atoms with Gasteiger partial charge in [-0.05, 0) is 34.7 Å². The zero-order valence-electron chi connectivity index (χ0n) is 8.94. The van der Waals surface area contributed by atoms with Crippen LogP contribution in [0.5, 0.6) is 0 Å². The fourth-order valence-electron chi connectivity index (χ4n) is 2.18. The van der Waals surface area contributed by atoms with Gasteiger partial charge in [-0.25, -0.2) is 0 Å². The van der Waals surface area contributed by atoms with Crippen molar-refractivity contribution in [2.75, 3.05) is 6.54 Å². The van der Waals surface area contributed by atoms with Crippen LogP contribution >= 0.6 is 22.9 Å². The average Bonchev–Trinajstić information content (AvgIpc) is 2.79. The molecule has 86 valence electrons. The third-order valence-corrected chi connectivity index (χ3v) is 4.16. The zero-order valence-corrected chi connectivity index (χ0v) is 10.5. The summed E-state index contributed by atoms with van der Waals surface area (Å²) in [4.78, 5) is 12.5. The number of carbonyl (C=O) groups excluding carboxylic acids is 1. The van der Waals surface area contributed by atoms with Crippen molar-refractivity contribution in [3.63, 3.8) is 0 Å². The number of benzene rings is 1. The van der Waals surface area contributed by atoms with Crippen molar-refractivity contribution in [1.82, 2.24) is 5.32 Å². The molecule has 0 bridgehead atoms. The molecule has 1 atom stereocenters. The summed E-state index contributed by atoms with van der Waals surface area (Å²) >= 11 is 7.50. The summed E-state index contributed by atoms with van der Waals surface area (Å²) in [6.07, 6.45) is 0. The molecular formula is C13H10ClNOS. The third-order valence-electron chi connectivity index (χ3n) is 3.00. The molecule has 1 aliphatic heterocycles. The summed E-state index contributed by atoms with van der Waals surface area (Å²) in [5.74, 6) is 0.251. The van der Waals surface area contributed by atoms with E-state index in [1.807, 2.05) is 29.6 Å². The maximum atomic E-state index is 11.7. The Bertz CT molecular complexity index is 578. The number of hydrogen-bond acceptors (Lipinski definition) is 2. The molecule has 1 unspecified atom stereocenters. The van der Waals surface area contributed by atoms with Gasteiger partial charge in [0.05, 0.1) is 4.88 Å². The molecule has 2 heterocycles. The first kappa shape index (κ1) is 10.8. The van der Waals surface area contributed by atoms with Crippen LogP contribution in [0.3, 0.4) is 0 Å². The van der Waals surface area contributed by atoms with Gasteiger partial charge in [-0.15, -0.1) is 11.3 Å². The van der Waals surface area contributed by atoms with E-state index in [4.69, 9.17) is 11.6 Å². The van der Waals surface area contributed by atoms with E-state index in [2.05, 4.69) is 11.4 Å². The van der Waals surface area contributed by atoms with Crippen LogP contribution in [0.15, 0.2) is 35.7 Å². The topological polar surface area (TPSA) is 29.1 Å². The Hall–Kier alpha value is -1.32. The summed E-state index contributed by atoms with van der Waals surface area (Å²) in [5, 5.41) is 5.62. The van der Waals surface area contributed by atoms with Crippen LogP contribution in [-0.2, 0) is 0 Å². The molecule has 2 aromatic rings. The lowest BCUT2D eigenvalue weighted by molar-refractivity contribution is 0.0947. The molecular weight excluding hydrogens is 254 g/mol. The first-order valence-corrected chi connectivity index (χ1v) is 6.62. The lowest BCUT2D eigenvalue weighted by Gasteiger charge is -2.23. The minimum Gasteiger partial charge on any atom is -0.350 e. The summed E-state index contributed by atoms with van der Waals surface area (Å²) < 4.78 is 0. The van der Waals surface area contributed by atoms with Crippen LogP contribution in [0.25, 0.3) is 0 Å². The Kier molecular flexibility index (Phi) is 2.65. The smallest absolute Gasteiger partial charge is 0.261 e. The van der Waals surface area contributed by atoms with Gasteiger partial charge in [0.2, 0.25) is 0 Å². The van der Waals surface area contributed by atoms with Crippen LogP contribution in [0, 0.1) is 0 Å². The van der Waals surface area contributed by atoms with Gasteiger partial charge >= 0.3 is 0 Å². The van der Waals surface area contributed by atoms with Gasteiger partial charge in [-0.2, -0.15) is 0 Å². The molecule has 1 aliphatic rings. The number of thiophene rings is 1. The van der Waals surface area contributed by atoms with Gasteiger partial charge in [0.25, 0.3) is 5.91 Å². The maximum absolute atomic E-state index is 11.7. The average molecular weight is 264 g/mol. The molecule has 0 spiro atoms. The predicted octanol–water partition coefficient (Wildman–Crippen LogP) is 3.28. The standard InChI is InChI=1S/C13H10ClNOS/c14-9-3-1-2-8(6-9)11-7-15-13(16)12-10(11)4-5-17-12/h1-6,11H,7H2,(H,15,16). The summed E-state index contributed by atoms with van der Waals surface area (Å²) in [5.41, 5.74) is 2.26. The lowest BCUT2D eigenvalue weighted by atomic mass is 9.89. The van der Waals surface area contributed by atoms with Crippen LogP contribution < -0.4 is 5.32 Å². The molecule has 1 amide bonds. The molecule has 0 saturated carbocycles. The molecule has 0 aliphatic carbocycles. The van der Waals surface area contributed by atoms with Gasteiger partial charge in [-0.3, -0.25) is 4.79 Å². The largest absolute Gasteiger partial charge is 0.350 e. The Morgan fingerprint density at radius 1 is 1.35 bits per heavy atom. The monoisotopic (exact) mass is 263 g/mol. The van der Waals surface area contributed by atoms with Crippen molar-refractivity contribution in [2.24, 2.45) is 0 Å². The minimum absolute atomic E-state index is 0.0354. The third kappa shape index (κ3) is 1.85. The zero-order chi connectivity index (χ0) is 11.8. The van der Waals surface area contributed by atoms with Gasteiger partial charge in [0, 0.05) is 17.5 Å². The Labute approximate surface area is 108 Å². The van der Waals surface area contributed by atoms with Crippen molar-refractivity contribution in [3.8, 4) is 0 Å². The second-order valence-electron chi connectivity index (χ2n) is 4.02. The minimum atomic E-state index is 0.0354. The number of halogens is 1. The number of hydrogen-bond donors (Lipinski definition) is 1. The molecule has 2 nitrogen and oxygen atoms in total. The molecule has 0 saturated heterocycles. The van der Waals surface area contributed by atoms with Crippen LogP contribution in [0.2, 0.25) is 5.02 Å². The fourth-order valence-corrected chi connectivity index (χ4v) is 3.26. The molecule has 4 heteroatoms. The van der Waals surface area contributed by atoms with Crippen LogP contribution in [-0.4, -0.2) is 12.5 Å². The van der Waals surface area contributed by atoms with E-state index in [1.54, 1.807) is 0 Å². The first-order valence-electron chi connectivity index (χ1n) is 5.37. The second kappa shape index (κ2) is 4.17. The predicted molar refractivity (Wildman–Crippen MR) is 69.9 cm³/mol. The van der Waals surface area contributed by atoms with E-state index < -0.39 is 0 Å². The van der Waals surface area contributed by atoms with Crippen molar-refractivity contribution in [2.45, 2.75) is 5.92 Å². The maximum Gasteiger partial charge on any atom is 0.261 e. The molecule has 1 N–H and O–H groups in total. The Morgan fingerprint density at radius 2 is 2.24 bits per heavy atom. The molecule has 1 aromatic heterocycles. The number of rotatable bonds is 1. The van der Waals surface area contributed by atoms with E-state index in [0.29, 0.717) is 6.54 Å². The Morgan fingerprint density at radius 3 is 3.06 bits per heavy atom. The van der Waals surface area contributed by atoms with Gasteiger partial charge < -0.3 is 5.32 Å². The molecule has 0 fully saturated rings. The van der Waals surface area contributed by atoms with Crippen molar-refractivity contribution < 1.29 is 4.79 Å². The fraction of sp³-hybridized carbons (Fsp3) is 0.154. The van der Waals surface area contributed by atoms with Gasteiger partial charge in [0.1, 0.15) is 0 Å². The number of carbonyl (C=O) groups is 1. The van der Waals surface area contributed by atoms with E-state index in [0.717, 1.165) is 21.0 Å². The molecule has 17 heavy (non-hydrogen) atoms. The highest BCUT2D eigenvalue weighted by Crippen LogP contribution is 2.33. The number of nitrogens with one attached hydrogen (secondary N) is 1. The second-order valence-corrected chi connectivity index (χ2v) is 5.38. The highest BCUT2D eigenvalue weighted by atomic mass is 35.5. The highest BCUT2D eigenvalue weighted by molar-refractivity contribution is 7.12.